The molecule has 1 N–H and O–H groups in total. The molecule has 0 saturated heterocycles. The average Bonchev–Trinajstić information content (AvgIpc) is 2.42. The minimum absolute atomic E-state index is 0.0102. The number of carbonyl (C=O) groups excluding carboxylic acids is 2. The molecule has 1 rings (SSSR count). The van der Waals surface area contributed by atoms with Crippen molar-refractivity contribution in [1.29, 1.82) is 0 Å². The number of hydrogen-bond donors (Lipinski definition) is 1. The van der Waals surface area contributed by atoms with Crippen LogP contribution in [0.25, 0.3) is 0 Å². The summed E-state index contributed by atoms with van der Waals surface area (Å²) in [4.78, 5) is 22.0. The van der Waals surface area contributed by atoms with E-state index < -0.39 is 29.1 Å². The van der Waals surface area contributed by atoms with Gasteiger partial charge in [0.2, 0.25) is 0 Å². The van der Waals surface area contributed by atoms with Crippen LogP contribution in [-0.4, -0.2) is 32.7 Å². The summed E-state index contributed by atoms with van der Waals surface area (Å²) in [6.45, 7) is 0.0839. The number of carbonyl (C=O) groups is 2. The standard InChI is InChI=1S/C12H13F2NO4/c1-18-9(16)5-6-15-8-4-3-7(12(17)19-2)10(13)11(8)14/h3-4,15H,5-6H2,1-2H3. The predicted molar refractivity (Wildman–Crippen MR) is 62.8 cm³/mol. The van der Waals surface area contributed by atoms with Crippen molar-refractivity contribution in [1.82, 2.24) is 0 Å². The highest BCUT2D eigenvalue weighted by Gasteiger charge is 2.18. The molecule has 0 bridgehead atoms. The van der Waals surface area contributed by atoms with E-state index in [2.05, 4.69) is 14.8 Å². The van der Waals surface area contributed by atoms with E-state index in [1.54, 1.807) is 0 Å². The number of halogens is 2. The molecule has 0 unspecified atom stereocenters. The minimum Gasteiger partial charge on any atom is -0.469 e. The number of anilines is 1. The van der Waals surface area contributed by atoms with Gasteiger partial charge in [0.05, 0.1) is 31.9 Å². The van der Waals surface area contributed by atoms with Crippen LogP contribution in [0.3, 0.4) is 0 Å². The third-order valence-corrected chi connectivity index (χ3v) is 2.36. The Kier molecular flexibility index (Phi) is 5.23. The van der Waals surface area contributed by atoms with Crippen LogP contribution in [0.4, 0.5) is 14.5 Å². The lowest BCUT2D eigenvalue weighted by Crippen LogP contribution is -2.12. The van der Waals surface area contributed by atoms with Gasteiger partial charge in [-0.05, 0) is 12.1 Å². The molecule has 0 spiro atoms. The second-order valence-corrected chi connectivity index (χ2v) is 3.53. The first-order valence-corrected chi connectivity index (χ1v) is 5.38. The Balaban J connectivity index is 2.79. The number of benzene rings is 1. The molecule has 0 aliphatic carbocycles. The molecule has 0 aliphatic rings. The molecule has 5 nitrogen and oxygen atoms in total. The summed E-state index contributed by atoms with van der Waals surface area (Å²) in [6.07, 6.45) is 0.0102. The van der Waals surface area contributed by atoms with E-state index in [-0.39, 0.29) is 18.7 Å². The quantitative estimate of drug-likeness (QED) is 0.828. The Morgan fingerprint density at radius 1 is 1.16 bits per heavy atom. The molecule has 0 saturated carbocycles. The van der Waals surface area contributed by atoms with Gasteiger partial charge in [0.25, 0.3) is 0 Å². The molecule has 0 aromatic heterocycles. The maximum Gasteiger partial charge on any atom is 0.340 e. The van der Waals surface area contributed by atoms with Gasteiger partial charge in [0.15, 0.2) is 11.6 Å². The molecule has 7 heteroatoms. The van der Waals surface area contributed by atoms with Gasteiger partial charge >= 0.3 is 11.9 Å². The Morgan fingerprint density at radius 2 is 1.84 bits per heavy atom. The van der Waals surface area contributed by atoms with Crippen LogP contribution in [0.15, 0.2) is 12.1 Å². The van der Waals surface area contributed by atoms with Crippen molar-refractivity contribution in [3.05, 3.63) is 29.3 Å². The van der Waals surface area contributed by atoms with E-state index in [1.807, 2.05) is 0 Å². The topological polar surface area (TPSA) is 64.6 Å². The molecular formula is C12H13F2NO4. The van der Waals surface area contributed by atoms with Gasteiger partial charge in [-0.1, -0.05) is 0 Å². The van der Waals surface area contributed by atoms with Gasteiger partial charge in [0, 0.05) is 6.54 Å². The van der Waals surface area contributed by atoms with Crippen molar-refractivity contribution in [2.75, 3.05) is 26.1 Å². The van der Waals surface area contributed by atoms with Crippen LogP contribution in [-0.2, 0) is 14.3 Å². The van der Waals surface area contributed by atoms with E-state index in [1.165, 1.54) is 13.2 Å². The van der Waals surface area contributed by atoms with Crippen molar-refractivity contribution in [3.63, 3.8) is 0 Å². The molecule has 0 aliphatic heterocycles. The zero-order chi connectivity index (χ0) is 14.4. The largest absolute Gasteiger partial charge is 0.469 e. The lowest BCUT2D eigenvalue weighted by atomic mass is 10.1. The fourth-order valence-corrected chi connectivity index (χ4v) is 1.35. The number of hydrogen-bond acceptors (Lipinski definition) is 5. The summed E-state index contributed by atoms with van der Waals surface area (Å²) in [5, 5.41) is 2.54. The lowest BCUT2D eigenvalue weighted by molar-refractivity contribution is -0.140. The summed E-state index contributed by atoms with van der Waals surface area (Å²) in [5.41, 5.74) is -0.632. The molecule has 0 radical (unpaired) electrons. The first kappa shape index (κ1) is 14.9. The number of ether oxygens (including phenoxy) is 2. The number of methoxy groups -OCH3 is 2. The van der Waals surface area contributed by atoms with Gasteiger partial charge in [-0.25, -0.2) is 13.6 Å². The fraction of sp³-hybridized carbons (Fsp3) is 0.333. The summed E-state index contributed by atoms with van der Waals surface area (Å²) in [5.74, 6) is -3.93. The van der Waals surface area contributed by atoms with Crippen molar-refractivity contribution in [2.45, 2.75) is 6.42 Å². The SMILES string of the molecule is COC(=O)CCNc1ccc(C(=O)OC)c(F)c1F. The highest BCUT2D eigenvalue weighted by atomic mass is 19.2. The number of rotatable bonds is 5. The average molecular weight is 273 g/mol. The molecule has 0 atom stereocenters. The van der Waals surface area contributed by atoms with E-state index in [0.29, 0.717) is 0 Å². The zero-order valence-corrected chi connectivity index (χ0v) is 10.5. The highest BCUT2D eigenvalue weighted by molar-refractivity contribution is 5.90. The minimum atomic E-state index is -1.30. The molecular weight excluding hydrogens is 260 g/mol. The molecule has 1 aromatic carbocycles. The first-order chi connectivity index (χ1) is 9.01. The summed E-state index contributed by atoms with van der Waals surface area (Å²) in [6, 6.07) is 2.30. The van der Waals surface area contributed by atoms with Gasteiger partial charge in [-0.3, -0.25) is 4.79 Å². The van der Waals surface area contributed by atoms with Crippen molar-refractivity contribution < 1.29 is 27.8 Å². The van der Waals surface area contributed by atoms with Crippen LogP contribution in [0.2, 0.25) is 0 Å². The van der Waals surface area contributed by atoms with Crippen LogP contribution >= 0.6 is 0 Å². The number of esters is 2. The van der Waals surface area contributed by atoms with Gasteiger partial charge in [0.1, 0.15) is 0 Å². The van der Waals surface area contributed by atoms with Gasteiger partial charge in [-0.15, -0.1) is 0 Å². The lowest BCUT2D eigenvalue weighted by Gasteiger charge is -2.09. The zero-order valence-electron chi connectivity index (χ0n) is 10.5. The van der Waals surface area contributed by atoms with Crippen LogP contribution in [0, 0.1) is 11.6 Å². The third kappa shape index (κ3) is 3.64. The van der Waals surface area contributed by atoms with Crippen molar-refractivity contribution in [3.8, 4) is 0 Å². The third-order valence-electron chi connectivity index (χ3n) is 2.36. The highest BCUT2D eigenvalue weighted by Crippen LogP contribution is 2.21. The molecule has 0 heterocycles. The van der Waals surface area contributed by atoms with Gasteiger partial charge < -0.3 is 14.8 Å². The van der Waals surface area contributed by atoms with E-state index in [0.717, 1.165) is 13.2 Å². The van der Waals surface area contributed by atoms with E-state index in [4.69, 9.17) is 0 Å². The molecule has 0 amide bonds. The Morgan fingerprint density at radius 3 is 2.42 bits per heavy atom. The summed E-state index contributed by atoms with van der Waals surface area (Å²) in [7, 11) is 2.30. The Bertz CT molecular complexity index is 491. The molecule has 1 aromatic rings. The second-order valence-electron chi connectivity index (χ2n) is 3.53. The maximum absolute atomic E-state index is 13.6. The monoisotopic (exact) mass is 273 g/mol. The van der Waals surface area contributed by atoms with E-state index in [9.17, 15) is 18.4 Å². The van der Waals surface area contributed by atoms with Crippen LogP contribution in [0.1, 0.15) is 16.8 Å². The number of nitrogens with one attached hydrogen (secondary N) is 1. The predicted octanol–water partition coefficient (Wildman–Crippen LogP) is 1.73. The van der Waals surface area contributed by atoms with Crippen molar-refractivity contribution in [2.24, 2.45) is 0 Å². The van der Waals surface area contributed by atoms with Gasteiger partial charge in [-0.2, -0.15) is 0 Å². The normalized spacial score (nSPS) is 9.89. The van der Waals surface area contributed by atoms with Crippen molar-refractivity contribution >= 4 is 17.6 Å². The maximum atomic E-state index is 13.6. The first-order valence-electron chi connectivity index (χ1n) is 5.38. The smallest absolute Gasteiger partial charge is 0.340 e. The summed E-state index contributed by atoms with van der Waals surface area (Å²) < 4.78 is 35.9. The Hall–Kier alpha value is -2.18. The second kappa shape index (κ2) is 6.67. The Labute approximate surface area is 108 Å². The molecule has 0 fully saturated rings. The van der Waals surface area contributed by atoms with Crippen LogP contribution in [0.5, 0.6) is 0 Å². The molecule has 19 heavy (non-hydrogen) atoms. The van der Waals surface area contributed by atoms with E-state index >= 15 is 0 Å². The summed E-state index contributed by atoms with van der Waals surface area (Å²) >= 11 is 0. The molecule has 104 valence electrons. The fourth-order valence-electron chi connectivity index (χ4n) is 1.35. The van der Waals surface area contributed by atoms with Crippen LogP contribution < -0.4 is 5.32 Å².